The van der Waals surface area contributed by atoms with E-state index < -0.39 is 7.26 Å². The van der Waals surface area contributed by atoms with Gasteiger partial charge in [-0.1, -0.05) is 66.2 Å². The lowest BCUT2D eigenvalue weighted by Gasteiger charge is -2.28. The maximum atomic E-state index is 2.41. The summed E-state index contributed by atoms with van der Waals surface area (Å²) in [5.41, 5.74) is 6.67. The van der Waals surface area contributed by atoms with E-state index in [0.717, 1.165) is 6.16 Å². The van der Waals surface area contributed by atoms with Crippen LogP contribution in [0, 0.1) is 27.7 Å². The first-order valence-electron chi connectivity index (χ1n) is 10.6. The van der Waals surface area contributed by atoms with Gasteiger partial charge in [0.05, 0.1) is 6.16 Å². The molecule has 0 nitrogen and oxygen atoms in total. The molecule has 4 rings (SSSR count). The van der Waals surface area contributed by atoms with Gasteiger partial charge in [-0.3, -0.25) is 0 Å². The number of halogens is 1. The second-order valence-electron chi connectivity index (χ2n) is 8.47. The molecule has 0 aliphatic heterocycles. The second kappa shape index (κ2) is 9.94. The lowest BCUT2D eigenvalue weighted by atomic mass is 10.2. The lowest BCUT2D eigenvalue weighted by Crippen LogP contribution is -3.00. The molecule has 0 spiro atoms. The maximum Gasteiger partial charge on any atom is 0.116 e. The minimum absolute atomic E-state index is 0. The minimum atomic E-state index is -1.87. The van der Waals surface area contributed by atoms with Crippen molar-refractivity contribution >= 4 is 23.2 Å². The Kier molecular flexibility index (Phi) is 7.52. The summed E-state index contributed by atoms with van der Waals surface area (Å²) < 4.78 is 0. The summed E-state index contributed by atoms with van der Waals surface area (Å²) in [7, 11) is -1.87. The molecule has 31 heavy (non-hydrogen) atoms. The molecule has 0 saturated heterocycles. The van der Waals surface area contributed by atoms with Crippen molar-refractivity contribution in [2.24, 2.45) is 0 Å². The van der Waals surface area contributed by atoms with Crippen molar-refractivity contribution < 1.29 is 17.0 Å². The number of rotatable bonds is 5. The molecule has 0 aliphatic carbocycles. The molecule has 0 N–H and O–H groups in total. The molecule has 0 aromatic heterocycles. The first-order chi connectivity index (χ1) is 14.5. The Morgan fingerprint density at radius 1 is 0.484 bits per heavy atom. The van der Waals surface area contributed by atoms with Crippen LogP contribution in [0.4, 0.5) is 0 Å². The van der Waals surface area contributed by atoms with E-state index >= 15 is 0 Å². The molecule has 0 radical (unpaired) electrons. The quantitative estimate of drug-likeness (QED) is 0.377. The highest BCUT2D eigenvalue weighted by molar-refractivity contribution is 7.95. The Labute approximate surface area is 198 Å². The van der Waals surface area contributed by atoms with Crippen LogP contribution in [0.25, 0.3) is 0 Å². The minimum Gasteiger partial charge on any atom is -1.00 e. The van der Waals surface area contributed by atoms with Gasteiger partial charge in [0.25, 0.3) is 0 Å². The highest BCUT2D eigenvalue weighted by atomic mass is 79.9. The van der Waals surface area contributed by atoms with Gasteiger partial charge < -0.3 is 17.0 Å². The van der Waals surface area contributed by atoms with Crippen LogP contribution in [0.5, 0.6) is 0 Å². The van der Waals surface area contributed by atoms with Crippen molar-refractivity contribution in [1.82, 2.24) is 0 Å². The third-order valence-electron chi connectivity index (χ3n) is 5.87. The second-order valence-corrected chi connectivity index (χ2v) is 12.0. The predicted octanol–water partition coefficient (Wildman–Crippen LogP) is 3.42. The van der Waals surface area contributed by atoms with Crippen LogP contribution in [0.15, 0.2) is 97.1 Å². The molecular weight excluding hydrogens is 459 g/mol. The van der Waals surface area contributed by atoms with Crippen molar-refractivity contribution in [1.29, 1.82) is 0 Å². The molecule has 158 valence electrons. The molecular formula is C29H30BrP. The number of aryl methyl sites for hydroxylation is 4. The molecule has 0 heterocycles. The van der Waals surface area contributed by atoms with Gasteiger partial charge in [-0.15, -0.1) is 0 Å². The van der Waals surface area contributed by atoms with E-state index in [2.05, 4.69) is 125 Å². The largest absolute Gasteiger partial charge is 1.00 e. The zero-order valence-electron chi connectivity index (χ0n) is 18.8. The van der Waals surface area contributed by atoms with Gasteiger partial charge in [0, 0.05) is 0 Å². The molecule has 0 amide bonds. The number of hydrogen-bond donors (Lipinski definition) is 0. The Bertz CT molecular complexity index is 1050. The average molecular weight is 489 g/mol. The summed E-state index contributed by atoms with van der Waals surface area (Å²) >= 11 is 0. The Morgan fingerprint density at radius 3 is 1.23 bits per heavy atom. The zero-order valence-corrected chi connectivity index (χ0v) is 21.3. The third-order valence-corrected chi connectivity index (χ3v) is 10.2. The molecule has 4 aromatic carbocycles. The molecule has 0 saturated carbocycles. The lowest BCUT2D eigenvalue weighted by molar-refractivity contribution is -0.00000622. The average Bonchev–Trinajstić information content (AvgIpc) is 2.73. The molecule has 2 heteroatoms. The molecule has 0 bridgehead atoms. The molecule has 4 aromatic rings. The number of hydrogen-bond acceptors (Lipinski definition) is 0. The van der Waals surface area contributed by atoms with Crippen molar-refractivity contribution in [2.45, 2.75) is 33.9 Å². The smallest absolute Gasteiger partial charge is 0.116 e. The fourth-order valence-electron chi connectivity index (χ4n) is 4.28. The first kappa shape index (κ1) is 23.5. The van der Waals surface area contributed by atoms with E-state index in [-0.39, 0.29) is 17.0 Å². The van der Waals surface area contributed by atoms with Crippen molar-refractivity contribution in [3.63, 3.8) is 0 Å². The normalized spacial score (nSPS) is 11.1. The van der Waals surface area contributed by atoms with Crippen LogP contribution >= 0.6 is 7.26 Å². The van der Waals surface area contributed by atoms with E-state index in [0.29, 0.717) is 0 Å². The summed E-state index contributed by atoms with van der Waals surface area (Å²) in [5.74, 6) is 0. The SMILES string of the molecule is Cc1ccc(C[P+](c2cccc(C)c2)(c2cccc(C)c2)c2cccc(C)c2)cc1.[Br-]. The van der Waals surface area contributed by atoms with E-state index in [4.69, 9.17) is 0 Å². The zero-order chi connectivity index (χ0) is 21.1. The van der Waals surface area contributed by atoms with Crippen molar-refractivity contribution in [3.8, 4) is 0 Å². The van der Waals surface area contributed by atoms with Gasteiger partial charge in [0.15, 0.2) is 0 Å². The fourth-order valence-corrected chi connectivity index (χ4v) is 8.78. The van der Waals surface area contributed by atoms with E-state index in [1.165, 1.54) is 43.7 Å². The molecule has 0 atom stereocenters. The van der Waals surface area contributed by atoms with Crippen LogP contribution in [-0.4, -0.2) is 0 Å². The summed E-state index contributed by atoms with van der Waals surface area (Å²) in [4.78, 5) is 0. The standard InChI is InChI=1S/C29H30P.BrH/c1-22-14-16-26(17-15-22)21-30(27-11-5-8-23(2)18-27,28-12-6-9-24(3)19-28)29-13-7-10-25(4)20-29;/h5-20H,21H2,1-4H3;1H/q+1;/p-1. The molecule has 0 aliphatic rings. The fraction of sp³-hybridized carbons (Fsp3) is 0.172. The van der Waals surface area contributed by atoms with Crippen LogP contribution in [0.2, 0.25) is 0 Å². The molecule has 0 unspecified atom stereocenters. The predicted molar refractivity (Wildman–Crippen MR) is 134 cm³/mol. The van der Waals surface area contributed by atoms with E-state index in [9.17, 15) is 0 Å². The summed E-state index contributed by atoms with van der Waals surface area (Å²) in [6.07, 6.45) is 1.03. The maximum absolute atomic E-state index is 2.41. The molecule has 0 fully saturated rings. The van der Waals surface area contributed by atoms with Crippen LogP contribution < -0.4 is 32.9 Å². The summed E-state index contributed by atoms with van der Waals surface area (Å²) in [5, 5.41) is 4.37. The van der Waals surface area contributed by atoms with Gasteiger partial charge in [-0.2, -0.15) is 0 Å². The Hall–Kier alpha value is -2.21. The van der Waals surface area contributed by atoms with Gasteiger partial charge in [-0.05, 0) is 86.3 Å². The van der Waals surface area contributed by atoms with Crippen LogP contribution in [0.3, 0.4) is 0 Å². The van der Waals surface area contributed by atoms with Crippen molar-refractivity contribution in [3.05, 3.63) is 125 Å². The van der Waals surface area contributed by atoms with Crippen LogP contribution in [-0.2, 0) is 6.16 Å². The summed E-state index contributed by atoms with van der Waals surface area (Å²) in [6, 6.07) is 36.7. The highest BCUT2D eigenvalue weighted by Gasteiger charge is 2.45. The van der Waals surface area contributed by atoms with Gasteiger partial charge in [0.2, 0.25) is 0 Å². The monoisotopic (exact) mass is 488 g/mol. The van der Waals surface area contributed by atoms with Gasteiger partial charge in [0.1, 0.15) is 23.2 Å². The third kappa shape index (κ3) is 5.00. The topological polar surface area (TPSA) is 0 Å². The first-order valence-corrected chi connectivity index (χ1v) is 12.6. The Morgan fingerprint density at radius 2 is 0.871 bits per heavy atom. The van der Waals surface area contributed by atoms with Crippen LogP contribution in [0.1, 0.15) is 27.8 Å². The van der Waals surface area contributed by atoms with Gasteiger partial charge >= 0.3 is 0 Å². The van der Waals surface area contributed by atoms with E-state index in [1.54, 1.807) is 0 Å². The van der Waals surface area contributed by atoms with Gasteiger partial charge in [-0.25, -0.2) is 0 Å². The Balaban J connectivity index is 0.00000272. The van der Waals surface area contributed by atoms with E-state index in [1.807, 2.05) is 0 Å². The van der Waals surface area contributed by atoms with Crippen molar-refractivity contribution in [2.75, 3.05) is 0 Å². The summed E-state index contributed by atoms with van der Waals surface area (Å²) in [6.45, 7) is 8.78. The number of benzene rings is 4. The highest BCUT2D eigenvalue weighted by Crippen LogP contribution is 2.58.